The van der Waals surface area contributed by atoms with Gasteiger partial charge < -0.3 is 4.74 Å². The summed E-state index contributed by atoms with van der Waals surface area (Å²) >= 11 is 5.59. The van der Waals surface area contributed by atoms with Crippen molar-refractivity contribution in [3.05, 3.63) is 28.8 Å². The van der Waals surface area contributed by atoms with Crippen LogP contribution in [0.3, 0.4) is 0 Å². The van der Waals surface area contributed by atoms with Crippen LogP contribution < -0.4 is 4.74 Å². The summed E-state index contributed by atoms with van der Waals surface area (Å²) in [5.41, 5.74) is -0.502. The molecule has 1 rings (SSSR count). The second-order valence-corrected chi connectivity index (χ2v) is 4.34. The maximum atomic E-state index is 12.1. The lowest BCUT2D eigenvalue weighted by atomic mass is 9.86. The molecule has 92 valence electrons. The number of ether oxygens (including phenoxy) is 1. The molecule has 0 radical (unpaired) electrons. The standard InChI is InChI=1S/C11H9ClF3NO/c1-10(2,6-16)7-3-4-8(12)9(5-7)17-11(13,14)15/h3-5H,1-2H3. The molecule has 1 aromatic rings. The van der Waals surface area contributed by atoms with Gasteiger partial charge in [0.25, 0.3) is 0 Å². The minimum Gasteiger partial charge on any atom is -0.404 e. The predicted molar refractivity (Wildman–Crippen MR) is 56.8 cm³/mol. The van der Waals surface area contributed by atoms with Crippen LogP contribution in [0.25, 0.3) is 0 Å². The van der Waals surface area contributed by atoms with Gasteiger partial charge in [0.15, 0.2) is 0 Å². The number of hydrogen-bond donors (Lipinski definition) is 0. The molecule has 1 aromatic carbocycles. The third kappa shape index (κ3) is 3.53. The van der Waals surface area contributed by atoms with E-state index in [2.05, 4.69) is 4.74 Å². The Bertz CT molecular complexity index is 463. The Morgan fingerprint density at radius 3 is 2.35 bits per heavy atom. The number of benzene rings is 1. The van der Waals surface area contributed by atoms with Crippen molar-refractivity contribution in [1.29, 1.82) is 5.26 Å². The fraction of sp³-hybridized carbons (Fsp3) is 0.364. The fourth-order valence-corrected chi connectivity index (χ4v) is 1.32. The van der Waals surface area contributed by atoms with Gasteiger partial charge in [0.1, 0.15) is 5.75 Å². The molecular formula is C11H9ClF3NO. The number of nitriles is 1. The Morgan fingerprint density at radius 2 is 1.88 bits per heavy atom. The molecule has 0 aliphatic carbocycles. The molecular weight excluding hydrogens is 255 g/mol. The van der Waals surface area contributed by atoms with Gasteiger partial charge in [-0.25, -0.2) is 0 Å². The van der Waals surface area contributed by atoms with Crippen molar-refractivity contribution in [3.8, 4) is 11.8 Å². The zero-order valence-electron chi connectivity index (χ0n) is 9.10. The monoisotopic (exact) mass is 263 g/mol. The SMILES string of the molecule is CC(C)(C#N)c1ccc(Cl)c(OC(F)(F)F)c1. The summed E-state index contributed by atoms with van der Waals surface area (Å²) in [5, 5.41) is 8.74. The Morgan fingerprint density at radius 1 is 1.29 bits per heavy atom. The van der Waals surface area contributed by atoms with E-state index in [1.807, 2.05) is 6.07 Å². The highest BCUT2D eigenvalue weighted by Crippen LogP contribution is 2.34. The molecule has 0 heterocycles. The van der Waals surface area contributed by atoms with Gasteiger partial charge in [-0.15, -0.1) is 13.2 Å². The zero-order chi connectivity index (χ0) is 13.3. The van der Waals surface area contributed by atoms with E-state index in [-0.39, 0.29) is 5.02 Å². The van der Waals surface area contributed by atoms with E-state index in [4.69, 9.17) is 16.9 Å². The molecule has 0 fully saturated rings. The summed E-state index contributed by atoms with van der Waals surface area (Å²) in [6.07, 6.45) is -4.81. The predicted octanol–water partition coefficient (Wildman–Crippen LogP) is 4.04. The first-order chi connectivity index (χ1) is 7.65. The third-order valence-electron chi connectivity index (χ3n) is 2.16. The molecule has 0 aliphatic rings. The van der Waals surface area contributed by atoms with E-state index in [9.17, 15) is 13.2 Å². The Balaban J connectivity index is 3.17. The molecule has 0 N–H and O–H groups in total. The molecule has 0 aliphatic heterocycles. The maximum absolute atomic E-state index is 12.1. The normalized spacial score (nSPS) is 12.1. The largest absolute Gasteiger partial charge is 0.573 e. The van der Waals surface area contributed by atoms with E-state index in [1.165, 1.54) is 12.1 Å². The van der Waals surface area contributed by atoms with Crippen molar-refractivity contribution in [1.82, 2.24) is 0 Å². The molecule has 0 saturated carbocycles. The van der Waals surface area contributed by atoms with Crippen LogP contribution in [0.1, 0.15) is 19.4 Å². The molecule has 0 atom stereocenters. The molecule has 0 saturated heterocycles. The Hall–Kier alpha value is -1.41. The van der Waals surface area contributed by atoms with Gasteiger partial charge in [-0.1, -0.05) is 17.7 Å². The summed E-state index contributed by atoms with van der Waals surface area (Å²) in [5.74, 6) is -0.500. The number of nitrogens with zero attached hydrogens (tertiary/aromatic N) is 1. The summed E-state index contributed by atoms with van der Waals surface area (Å²) < 4.78 is 40.0. The Labute approximate surface area is 102 Å². The second kappa shape index (κ2) is 4.46. The first kappa shape index (κ1) is 13.7. The van der Waals surface area contributed by atoms with Crippen molar-refractivity contribution >= 4 is 11.6 Å². The van der Waals surface area contributed by atoms with Crippen LogP contribution in [0.15, 0.2) is 18.2 Å². The first-order valence-corrected chi connectivity index (χ1v) is 5.00. The molecule has 0 bridgehead atoms. The number of alkyl halides is 3. The summed E-state index contributed by atoms with van der Waals surface area (Å²) in [6, 6.07) is 5.88. The van der Waals surface area contributed by atoms with Gasteiger partial charge >= 0.3 is 6.36 Å². The van der Waals surface area contributed by atoms with Crippen LogP contribution in [0, 0.1) is 11.3 Å². The lowest BCUT2D eigenvalue weighted by Crippen LogP contribution is -2.19. The van der Waals surface area contributed by atoms with Gasteiger partial charge in [0, 0.05) is 0 Å². The van der Waals surface area contributed by atoms with Gasteiger partial charge in [0.2, 0.25) is 0 Å². The third-order valence-corrected chi connectivity index (χ3v) is 2.47. The fourth-order valence-electron chi connectivity index (χ4n) is 1.16. The van der Waals surface area contributed by atoms with Crippen molar-refractivity contribution in [3.63, 3.8) is 0 Å². The maximum Gasteiger partial charge on any atom is 0.573 e. The van der Waals surface area contributed by atoms with Crippen molar-refractivity contribution in [2.45, 2.75) is 25.6 Å². The topological polar surface area (TPSA) is 33.0 Å². The van der Waals surface area contributed by atoms with E-state index in [0.717, 1.165) is 6.07 Å². The van der Waals surface area contributed by atoms with Crippen molar-refractivity contribution in [2.75, 3.05) is 0 Å². The molecule has 6 heteroatoms. The molecule has 0 unspecified atom stereocenters. The molecule has 0 amide bonds. The van der Waals surface area contributed by atoms with Crippen LogP contribution >= 0.6 is 11.6 Å². The zero-order valence-corrected chi connectivity index (χ0v) is 9.86. The van der Waals surface area contributed by atoms with Crippen molar-refractivity contribution in [2.24, 2.45) is 0 Å². The van der Waals surface area contributed by atoms with Gasteiger partial charge in [-0.3, -0.25) is 0 Å². The highest BCUT2D eigenvalue weighted by atomic mass is 35.5. The lowest BCUT2D eigenvalue weighted by Gasteiger charge is -2.18. The average molecular weight is 264 g/mol. The molecule has 17 heavy (non-hydrogen) atoms. The molecule has 0 spiro atoms. The van der Waals surface area contributed by atoms with E-state index >= 15 is 0 Å². The summed E-state index contributed by atoms with van der Waals surface area (Å²) in [7, 11) is 0. The number of halogens is 4. The van der Waals surface area contributed by atoms with Crippen LogP contribution in [-0.4, -0.2) is 6.36 Å². The summed E-state index contributed by atoms with van der Waals surface area (Å²) in [4.78, 5) is 0. The average Bonchev–Trinajstić information content (AvgIpc) is 2.19. The quantitative estimate of drug-likeness (QED) is 0.807. The van der Waals surface area contributed by atoms with Crippen LogP contribution in [0.4, 0.5) is 13.2 Å². The molecule has 0 aromatic heterocycles. The van der Waals surface area contributed by atoms with Crippen LogP contribution in [-0.2, 0) is 5.41 Å². The Kier molecular flexibility index (Phi) is 3.58. The number of hydrogen-bond acceptors (Lipinski definition) is 2. The highest BCUT2D eigenvalue weighted by molar-refractivity contribution is 6.32. The minimum absolute atomic E-state index is 0.153. The smallest absolute Gasteiger partial charge is 0.404 e. The van der Waals surface area contributed by atoms with Gasteiger partial charge in [0.05, 0.1) is 16.5 Å². The van der Waals surface area contributed by atoms with Gasteiger partial charge in [-0.05, 0) is 31.5 Å². The minimum atomic E-state index is -4.81. The summed E-state index contributed by atoms with van der Waals surface area (Å²) in [6.45, 7) is 3.18. The first-order valence-electron chi connectivity index (χ1n) is 4.63. The van der Waals surface area contributed by atoms with E-state index in [1.54, 1.807) is 13.8 Å². The van der Waals surface area contributed by atoms with Gasteiger partial charge in [-0.2, -0.15) is 5.26 Å². The van der Waals surface area contributed by atoms with E-state index < -0.39 is 17.5 Å². The van der Waals surface area contributed by atoms with Crippen LogP contribution in [0.2, 0.25) is 5.02 Å². The highest BCUT2D eigenvalue weighted by Gasteiger charge is 2.32. The molecule has 2 nitrogen and oxygen atoms in total. The van der Waals surface area contributed by atoms with E-state index in [0.29, 0.717) is 5.56 Å². The lowest BCUT2D eigenvalue weighted by molar-refractivity contribution is -0.274. The van der Waals surface area contributed by atoms with Crippen molar-refractivity contribution < 1.29 is 17.9 Å². The number of rotatable bonds is 2. The van der Waals surface area contributed by atoms with Crippen LogP contribution in [0.5, 0.6) is 5.75 Å². The second-order valence-electron chi connectivity index (χ2n) is 3.93.